The first-order valence-corrected chi connectivity index (χ1v) is 14.1. The van der Waals surface area contributed by atoms with Crippen molar-refractivity contribution in [1.29, 1.82) is 0 Å². The van der Waals surface area contributed by atoms with Gasteiger partial charge in [-0.1, -0.05) is 12.1 Å². The minimum absolute atomic E-state index is 0.0715. The summed E-state index contributed by atoms with van der Waals surface area (Å²) in [5.74, 6) is -0.111. The van der Waals surface area contributed by atoms with Crippen LogP contribution in [0.2, 0.25) is 0 Å². The molecule has 4 rings (SSSR count). The van der Waals surface area contributed by atoms with Gasteiger partial charge in [-0.3, -0.25) is 9.69 Å². The lowest BCUT2D eigenvalue weighted by Gasteiger charge is -2.34. The number of benzene rings is 2. The number of amides is 2. The maximum atomic E-state index is 13.2. The summed E-state index contributed by atoms with van der Waals surface area (Å²) in [4.78, 5) is 29.7. The highest BCUT2D eigenvalue weighted by Crippen LogP contribution is 2.27. The van der Waals surface area contributed by atoms with Crippen LogP contribution in [-0.4, -0.2) is 54.7 Å². The second-order valence-electron chi connectivity index (χ2n) is 8.87. The van der Waals surface area contributed by atoms with Crippen LogP contribution in [0.5, 0.6) is 0 Å². The molecule has 0 unspecified atom stereocenters. The van der Waals surface area contributed by atoms with E-state index in [1.165, 1.54) is 46.8 Å². The van der Waals surface area contributed by atoms with E-state index in [9.17, 15) is 18.0 Å². The van der Waals surface area contributed by atoms with E-state index >= 15 is 0 Å². The molecular formula is C24H28N4O4S3. The van der Waals surface area contributed by atoms with E-state index in [1.54, 1.807) is 4.90 Å². The standard InChI is InChI=1S/C24H28N4O4S3/c1-15(2)28(19-6-9-21-22(14-19)34-24(33)26-21)23(30)25-18-10-12-27(13-11-18)35(31,32)20-7-4-17(5-8-20)16(3)29/h4-9,14-15,18H,10-13H2,1-3H3,(H,25,30)(H,26,33). The SMILES string of the molecule is CC(=O)c1ccc(S(=O)(=O)N2CCC(NC(=O)N(c3ccc4[nH]c(=S)sc4c3)C(C)C)CC2)cc1. The molecule has 0 bridgehead atoms. The molecule has 1 fully saturated rings. The van der Waals surface area contributed by atoms with Crippen molar-refractivity contribution >= 4 is 61.3 Å². The molecule has 1 aliphatic rings. The molecule has 0 atom stereocenters. The van der Waals surface area contributed by atoms with Crippen LogP contribution in [0.15, 0.2) is 47.4 Å². The second-order valence-corrected chi connectivity index (χ2v) is 12.5. The Labute approximate surface area is 214 Å². The predicted octanol–water partition coefficient (Wildman–Crippen LogP) is 4.94. The molecule has 2 aromatic carbocycles. The van der Waals surface area contributed by atoms with Crippen LogP contribution in [0.25, 0.3) is 10.2 Å². The Bertz CT molecular complexity index is 1400. The van der Waals surface area contributed by atoms with Gasteiger partial charge < -0.3 is 10.3 Å². The quantitative estimate of drug-likeness (QED) is 0.346. The summed E-state index contributed by atoms with van der Waals surface area (Å²) in [6, 6.07) is 11.4. The lowest BCUT2D eigenvalue weighted by atomic mass is 10.1. The Morgan fingerprint density at radius 2 is 1.80 bits per heavy atom. The molecule has 1 aromatic heterocycles. The first kappa shape index (κ1) is 25.5. The van der Waals surface area contributed by atoms with Gasteiger partial charge in [0, 0.05) is 36.4 Å². The number of aromatic nitrogens is 1. The summed E-state index contributed by atoms with van der Waals surface area (Å²) in [5.41, 5.74) is 2.20. The number of piperidine rings is 1. The first-order valence-electron chi connectivity index (χ1n) is 11.4. The van der Waals surface area contributed by atoms with Gasteiger partial charge in [0.25, 0.3) is 0 Å². The smallest absolute Gasteiger partial charge is 0.322 e. The molecule has 0 radical (unpaired) electrons. The van der Waals surface area contributed by atoms with Crippen LogP contribution in [0, 0.1) is 3.95 Å². The molecule has 1 aliphatic heterocycles. The highest BCUT2D eigenvalue weighted by atomic mass is 32.2. The van der Waals surface area contributed by atoms with Crippen LogP contribution < -0.4 is 10.2 Å². The molecule has 0 saturated carbocycles. The number of carbonyl (C=O) groups is 2. The van der Waals surface area contributed by atoms with Gasteiger partial charge in [0.1, 0.15) is 0 Å². The van der Waals surface area contributed by atoms with Gasteiger partial charge in [-0.05, 0) is 76.2 Å². The summed E-state index contributed by atoms with van der Waals surface area (Å²) < 4.78 is 29.2. The van der Waals surface area contributed by atoms with Crippen molar-refractivity contribution in [1.82, 2.24) is 14.6 Å². The largest absolute Gasteiger partial charge is 0.337 e. The van der Waals surface area contributed by atoms with E-state index in [0.717, 1.165) is 15.9 Å². The molecule has 0 spiro atoms. The van der Waals surface area contributed by atoms with Gasteiger partial charge in [-0.2, -0.15) is 4.31 Å². The van der Waals surface area contributed by atoms with E-state index in [0.29, 0.717) is 35.4 Å². The molecule has 8 nitrogen and oxygen atoms in total. The number of aromatic amines is 1. The molecular weight excluding hydrogens is 504 g/mol. The predicted molar refractivity (Wildman–Crippen MR) is 141 cm³/mol. The van der Waals surface area contributed by atoms with Gasteiger partial charge in [-0.15, -0.1) is 11.3 Å². The molecule has 35 heavy (non-hydrogen) atoms. The zero-order valence-corrected chi connectivity index (χ0v) is 22.2. The van der Waals surface area contributed by atoms with E-state index < -0.39 is 10.0 Å². The van der Waals surface area contributed by atoms with Crippen LogP contribution in [0.3, 0.4) is 0 Å². The number of carbonyl (C=O) groups excluding carboxylic acids is 2. The van der Waals surface area contributed by atoms with Crippen LogP contribution in [0.4, 0.5) is 10.5 Å². The topological polar surface area (TPSA) is 103 Å². The Kier molecular flexibility index (Phi) is 7.41. The monoisotopic (exact) mass is 532 g/mol. The number of rotatable bonds is 6. The second kappa shape index (κ2) is 10.2. The number of hydrogen-bond donors (Lipinski definition) is 2. The fourth-order valence-corrected chi connectivity index (χ4v) is 6.85. The molecule has 2 amide bonds. The molecule has 11 heteroatoms. The number of Topliss-reactive ketones (excluding diaryl/α,β-unsaturated/α-hetero) is 1. The van der Waals surface area contributed by atoms with E-state index in [2.05, 4.69) is 10.3 Å². The lowest BCUT2D eigenvalue weighted by molar-refractivity contribution is 0.101. The summed E-state index contributed by atoms with van der Waals surface area (Å²) in [7, 11) is -3.66. The van der Waals surface area contributed by atoms with Crippen molar-refractivity contribution in [3.8, 4) is 0 Å². The zero-order chi connectivity index (χ0) is 25.3. The normalized spacial score (nSPS) is 15.4. The van der Waals surface area contributed by atoms with Crippen LogP contribution >= 0.6 is 23.6 Å². The maximum Gasteiger partial charge on any atom is 0.322 e. The number of urea groups is 1. The minimum Gasteiger partial charge on any atom is -0.337 e. The molecule has 186 valence electrons. The van der Waals surface area contributed by atoms with Crippen molar-refractivity contribution in [3.05, 3.63) is 52.0 Å². The summed E-state index contributed by atoms with van der Waals surface area (Å²) in [6.07, 6.45) is 1.03. The van der Waals surface area contributed by atoms with Gasteiger partial charge >= 0.3 is 6.03 Å². The Hall–Kier alpha value is -2.60. The number of sulfonamides is 1. The number of H-pyrrole nitrogens is 1. The Morgan fingerprint density at radius 3 is 2.40 bits per heavy atom. The highest BCUT2D eigenvalue weighted by Gasteiger charge is 2.31. The van der Waals surface area contributed by atoms with Gasteiger partial charge in [0.2, 0.25) is 10.0 Å². The number of nitrogens with zero attached hydrogens (tertiary/aromatic N) is 2. The van der Waals surface area contributed by atoms with Crippen molar-refractivity contribution in [2.75, 3.05) is 18.0 Å². The summed E-state index contributed by atoms with van der Waals surface area (Å²) >= 11 is 6.69. The Balaban J connectivity index is 1.41. The van der Waals surface area contributed by atoms with E-state index in [4.69, 9.17) is 12.2 Å². The third kappa shape index (κ3) is 5.48. The molecule has 2 N–H and O–H groups in total. The average Bonchev–Trinajstić information content (AvgIpc) is 3.18. The third-order valence-corrected chi connectivity index (χ3v) is 9.21. The highest BCUT2D eigenvalue weighted by molar-refractivity contribution is 7.89. The average molecular weight is 533 g/mol. The van der Waals surface area contributed by atoms with Crippen LogP contribution in [-0.2, 0) is 10.0 Å². The molecule has 3 aromatic rings. The molecule has 0 aliphatic carbocycles. The maximum absolute atomic E-state index is 13.2. The van der Waals surface area contributed by atoms with E-state index in [1.807, 2.05) is 32.0 Å². The number of nitrogens with one attached hydrogen (secondary N) is 2. The lowest BCUT2D eigenvalue weighted by Crippen LogP contribution is -2.51. The minimum atomic E-state index is -3.66. The van der Waals surface area contributed by atoms with Gasteiger partial charge in [0.05, 0.1) is 15.1 Å². The van der Waals surface area contributed by atoms with Crippen LogP contribution in [0.1, 0.15) is 44.0 Å². The summed E-state index contributed by atoms with van der Waals surface area (Å²) in [6.45, 7) is 5.97. The van der Waals surface area contributed by atoms with Crippen molar-refractivity contribution in [2.24, 2.45) is 0 Å². The fourth-order valence-electron chi connectivity index (χ4n) is 4.23. The third-order valence-electron chi connectivity index (χ3n) is 6.10. The van der Waals surface area contributed by atoms with Gasteiger partial charge in [0.15, 0.2) is 9.74 Å². The van der Waals surface area contributed by atoms with Gasteiger partial charge in [-0.25, -0.2) is 13.2 Å². The van der Waals surface area contributed by atoms with Crippen molar-refractivity contribution in [2.45, 2.75) is 50.6 Å². The fraction of sp³-hybridized carbons (Fsp3) is 0.375. The van der Waals surface area contributed by atoms with Crippen molar-refractivity contribution < 1.29 is 18.0 Å². The number of fused-ring (bicyclic) bond motifs is 1. The van der Waals surface area contributed by atoms with E-state index in [-0.39, 0.29) is 28.8 Å². The molecule has 2 heterocycles. The number of ketones is 1. The van der Waals surface area contributed by atoms with Crippen molar-refractivity contribution in [3.63, 3.8) is 0 Å². The first-order chi connectivity index (χ1) is 16.6. The molecule has 1 saturated heterocycles. The summed E-state index contributed by atoms with van der Waals surface area (Å²) in [5, 5.41) is 3.09. The number of thiazole rings is 1. The number of hydrogen-bond acceptors (Lipinski definition) is 6. The Morgan fingerprint density at radius 1 is 1.14 bits per heavy atom. The number of anilines is 1. The zero-order valence-electron chi connectivity index (χ0n) is 19.8.